The molecule has 2 heterocycles. The van der Waals surface area contributed by atoms with Gasteiger partial charge in [-0.3, -0.25) is 9.20 Å². The quantitative estimate of drug-likeness (QED) is 0.754. The van der Waals surface area contributed by atoms with Crippen LogP contribution in [0.25, 0.3) is 5.65 Å². The molecule has 1 aromatic carbocycles. The van der Waals surface area contributed by atoms with E-state index in [1.807, 2.05) is 60.0 Å². The maximum Gasteiger partial charge on any atom is 0.260 e. The lowest BCUT2D eigenvalue weighted by Crippen LogP contribution is -2.37. The average molecular weight is 324 g/mol. The minimum absolute atomic E-state index is 0.149. The van der Waals surface area contributed by atoms with Gasteiger partial charge in [-0.25, -0.2) is 0 Å². The van der Waals surface area contributed by atoms with Crippen LogP contribution >= 0.6 is 0 Å². The summed E-state index contributed by atoms with van der Waals surface area (Å²) in [7, 11) is 0. The minimum atomic E-state index is -0.553. The molecule has 24 heavy (non-hydrogen) atoms. The largest absolute Gasteiger partial charge is 0.481 e. The van der Waals surface area contributed by atoms with Crippen LogP contribution in [-0.2, 0) is 11.2 Å². The van der Waals surface area contributed by atoms with E-state index in [0.29, 0.717) is 18.7 Å². The number of aryl methyl sites for hydroxylation is 1. The van der Waals surface area contributed by atoms with E-state index >= 15 is 0 Å². The number of aromatic nitrogens is 3. The highest BCUT2D eigenvalue weighted by molar-refractivity contribution is 5.80. The summed E-state index contributed by atoms with van der Waals surface area (Å²) in [6.07, 6.45) is 1.96. The van der Waals surface area contributed by atoms with Crippen molar-refractivity contribution in [3.8, 4) is 5.75 Å². The fourth-order valence-electron chi connectivity index (χ4n) is 2.38. The van der Waals surface area contributed by atoms with Crippen molar-refractivity contribution in [2.24, 2.45) is 0 Å². The Morgan fingerprint density at radius 1 is 1.21 bits per heavy atom. The highest BCUT2D eigenvalue weighted by atomic mass is 16.5. The lowest BCUT2D eigenvalue weighted by Gasteiger charge is -2.14. The highest BCUT2D eigenvalue weighted by Gasteiger charge is 2.14. The van der Waals surface area contributed by atoms with E-state index in [1.165, 1.54) is 0 Å². The number of hydrogen-bond donors (Lipinski definition) is 1. The normalized spacial score (nSPS) is 12.1. The Labute approximate surface area is 140 Å². The second-order valence-electron chi connectivity index (χ2n) is 5.66. The van der Waals surface area contributed by atoms with E-state index in [4.69, 9.17) is 4.74 Å². The second kappa shape index (κ2) is 7.12. The van der Waals surface area contributed by atoms with Gasteiger partial charge in [-0.05, 0) is 38.1 Å². The van der Waals surface area contributed by atoms with Crippen molar-refractivity contribution in [1.82, 2.24) is 19.9 Å². The van der Waals surface area contributed by atoms with Crippen molar-refractivity contribution < 1.29 is 9.53 Å². The average Bonchev–Trinajstić information content (AvgIpc) is 3.00. The topological polar surface area (TPSA) is 68.5 Å². The first-order valence-electron chi connectivity index (χ1n) is 7.93. The summed E-state index contributed by atoms with van der Waals surface area (Å²) in [5.74, 6) is 1.36. The van der Waals surface area contributed by atoms with Gasteiger partial charge in [0.05, 0.1) is 0 Å². The molecule has 2 aromatic heterocycles. The molecule has 0 fully saturated rings. The number of ether oxygens (including phenoxy) is 1. The number of carbonyl (C=O) groups excluding carboxylic acids is 1. The molecule has 0 spiro atoms. The third-order valence-electron chi connectivity index (χ3n) is 3.74. The second-order valence-corrected chi connectivity index (χ2v) is 5.66. The van der Waals surface area contributed by atoms with E-state index in [9.17, 15) is 4.79 Å². The summed E-state index contributed by atoms with van der Waals surface area (Å²) in [5.41, 5.74) is 1.95. The Kier molecular flexibility index (Phi) is 4.74. The molecule has 6 nitrogen and oxygen atoms in total. The van der Waals surface area contributed by atoms with Crippen molar-refractivity contribution in [2.75, 3.05) is 6.54 Å². The number of benzene rings is 1. The molecule has 1 atom stereocenters. The van der Waals surface area contributed by atoms with Crippen molar-refractivity contribution in [1.29, 1.82) is 0 Å². The predicted molar refractivity (Wildman–Crippen MR) is 91.0 cm³/mol. The number of fused-ring (bicyclic) bond motifs is 1. The van der Waals surface area contributed by atoms with Crippen LogP contribution in [0.2, 0.25) is 0 Å². The fourth-order valence-corrected chi connectivity index (χ4v) is 2.38. The van der Waals surface area contributed by atoms with Crippen LogP contribution in [0.15, 0.2) is 48.7 Å². The summed E-state index contributed by atoms with van der Waals surface area (Å²) in [6, 6.07) is 13.4. The molecule has 3 rings (SSSR count). The van der Waals surface area contributed by atoms with E-state index in [-0.39, 0.29) is 5.91 Å². The van der Waals surface area contributed by atoms with Crippen molar-refractivity contribution in [3.05, 3.63) is 60.0 Å². The molecule has 1 amide bonds. The van der Waals surface area contributed by atoms with Crippen LogP contribution in [0.1, 0.15) is 18.3 Å². The van der Waals surface area contributed by atoms with E-state index < -0.39 is 6.10 Å². The molecule has 0 aliphatic rings. The van der Waals surface area contributed by atoms with Gasteiger partial charge in [-0.1, -0.05) is 23.8 Å². The van der Waals surface area contributed by atoms with Crippen LogP contribution in [0.4, 0.5) is 0 Å². The number of rotatable bonds is 6. The molecular weight excluding hydrogens is 304 g/mol. The first-order chi connectivity index (χ1) is 11.6. The molecule has 1 N–H and O–H groups in total. The van der Waals surface area contributed by atoms with E-state index in [2.05, 4.69) is 15.5 Å². The number of nitrogens with one attached hydrogen (secondary N) is 1. The molecule has 0 radical (unpaired) electrons. The van der Waals surface area contributed by atoms with Crippen molar-refractivity contribution in [3.63, 3.8) is 0 Å². The maximum absolute atomic E-state index is 12.1. The molecule has 3 aromatic rings. The Hall–Kier alpha value is -2.89. The smallest absolute Gasteiger partial charge is 0.260 e. The first kappa shape index (κ1) is 16.0. The molecule has 124 valence electrons. The first-order valence-corrected chi connectivity index (χ1v) is 7.93. The van der Waals surface area contributed by atoms with Crippen molar-refractivity contribution >= 4 is 11.6 Å². The number of pyridine rings is 1. The van der Waals surface area contributed by atoms with Gasteiger partial charge in [-0.2, -0.15) is 0 Å². The van der Waals surface area contributed by atoms with Crippen LogP contribution < -0.4 is 10.1 Å². The zero-order valence-electron chi connectivity index (χ0n) is 13.8. The Balaban J connectivity index is 1.50. The molecule has 0 aliphatic carbocycles. The zero-order chi connectivity index (χ0) is 16.9. The molecule has 6 heteroatoms. The van der Waals surface area contributed by atoms with Gasteiger partial charge >= 0.3 is 0 Å². The Morgan fingerprint density at radius 3 is 2.79 bits per heavy atom. The summed E-state index contributed by atoms with van der Waals surface area (Å²) in [6.45, 7) is 4.23. The maximum atomic E-state index is 12.1. The third-order valence-corrected chi connectivity index (χ3v) is 3.74. The lowest BCUT2D eigenvalue weighted by molar-refractivity contribution is -0.127. The van der Waals surface area contributed by atoms with Gasteiger partial charge in [0, 0.05) is 19.2 Å². The van der Waals surface area contributed by atoms with Crippen LogP contribution in [-0.4, -0.2) is 33.2 Å². The SMILES string of the molecule is Cc1ccc(OC(C)C(=O)NCCc2nnc3ccccn23)cc1. The van der Waals surface area contributed by atoms with Crippen LogP contribution in [0.3, 0.4) is 0 Å². The van der Waals surface area contributed by atoms with Crippen molar-refractivity contribution in [2.45, 2.75) is 26.4 Å². The standard InChI is InChI=1S/C18H20N4O2/c1-13-6-8-15(9-7-13)24-14(2)18(23)19-11-10-17-21-20-16-5-3-4-12-22(16)17/h3-9,12,14H,10-11H2,1-2H3,(H,19,23). The highest BCUT2D eigenvalue weighted by Crippen LogP contribution is 2.13. The van der Waals surface area contributed by atoms with Gasteiger partial charge in [0.15, 0.2) is 11.8 Å². The Morgan fingerprint density at radius 2 is 2.00 bits per heavy atom. The van der Waals surface area contributed by atoms with Gasteiger partial charge in [-0.15, -0.1) is 10.2 Å². The molecule has 0 aliphatic heterocycles. The van der Waals surface area contributed by atoms with E-state index in [1.54, 1.807) is 6.92 Å². The lowest BCUT2D eigenvalue weighted by atomic mass is 10.2. The summed E-state index contributed by atoms with van der Waals surface area (Å²) < 4.78 is 7.56. The zero-order valence-corrected chi connectivity index (χ0v) is 13.8. The minimum Gasteiger partial charge on any atom is -0.481 e. The van der Waals surface area contributed by atoms with Crippen LogP contribution in [0.5, 0.6) is 5.75 Å². The van der Waals surface area contributed by atoms with Gasteiger partial charge < -0.3 is 10.1 Å². The van der Waals surface area contributed by atoms with Gasteiger partial charge in [0.2, 0.25) is 0 Å². The molecule has 0 saturated carbocycles. The number of amides is 1. The summed E-state index contributed by atoms with van der Waals surface area (Å²) >= 11 is 0. The third kappa shape index (κ3) is 3.71. The van der Waals surface area contributed by atoms with Crippen LogP contribution in [0, 0.1) is 6.92 Å². The fraction of sp³-hybridized carbons (Fsp3) is 0.278. The Bertz CT molecular complexity index is 826. The number of carbonyl (C=O) groups is 1. The summed E-state index contributed by atoms with van der Waals surface area (Å²) in [4.78, 5) is 12.1. The van der Waals surface area contributed by atoms with E-state index in [0.717, 1.165) is 17.0 Å². The number of nitrogens with zero attached hydrogens (tertiary/aromatic N) is 3. The predicted octanol–water partition coefficient (Wildman–Crippen LogP) is 2.16. The van der Waals surface area contributed by atoms with Gasteiger partial charge in [0.1, 0.15) is 11.6 Å². The molecular formula is C18H20N4O2. The summed E-state index contributed by atoms with van der Waals surface area (Å²) in [5, 5.41) is 11.1. The number of hydrogen-bond acceptors (Lipinski definition) is 4. The molecule has 0 bridgehead atoms. The van der Waals surface area contributed by atoms with Gasteiger partial charge in [0.25, 0.3) is 5.91 Å². The monoisotopic (exact) mass is 324 g/mol. The molecule has 0 saturated heterocycles. The molecule has 1 unspecified atom stereocenters.